The molecule has 1 aliphatic rings. The monoisotopic (exact) mass is 246 g/mol. The molecule has 0 amide bonds. The summed E-state index contributed by atoms with van der Waals surface area (Å²) in [5.74, 6) is 1.92. The maximum Gasteiger partial charge on any atom is 0.158 e. The molecule has 3 heteroatoms. The molecule has 0 aromatic carbocycles. The third-order valence-corrected chi connectivity index (χ3v) is 4.77. The normalized spacial score (nSPS) is 33.3. The Morgan fingerprint density at radius 3 is 2.31 bits per heavy atom. The van der Waals surface area contributed by atoms with E-state index in [2.05, 4.69) is 20.8 Å². The van der Waals surface area contributed by atoms with Crippen molar-refractivity contribution in [3.8, 4) is 0 Å². The summed E-state index contributed by atoms with van der Waals surface area (Å²) >= 11 is -1.12. The van der Waals surface area contributed by atoms with Crippen molar-refractivity contribution in [2.75, 3.05) is 0 Å². The third-order valence-electron chi connectivity index (χ3n) is 3.56. The molecule has 1 saturated carbocycles. The topological polar surface area (TPSA) is 26.3 Å². The molecule has 0 unspecified atom stereocenters. The second kappa shape index (κ2) is 6.15. The summed E-state index contributed by atoms with van der Waals surface area (Å²) in [5.41, 5.74) is 0. The predicted molar refractivity (Wildman–Crippen MR) is 69.5 cm³/mol. The first-order valence-corrected chi connectivity index (χ1v) is 7.63. The zero-order valence-electron chi connectivity index (χ0n) is 11.2. The lowest BCUT2D eigenvalue weighted by atomic mass is 9.75. The Morgan fingerprint density at radius 2 is 1.81 bits per heavy atom. The first-order valence-electron chi connectivity index (χ1n) is 6.49. The molecule has 0 radical (unpaired) electrons. The van der Waals surface area contributed by atoms with Crippen LogP contribution in [0.1, 0.15) is 53.9 Å². The molecule has 1 rings (SSSR count). The molecular formula is C13H26O2S. The van der Waals surface area contributed by atoms with E-state index in [1.54, 1.807) is 0 Å². The highest BCUT2D eigenvalue weighted by Gasteiger charge is 2.33. The van der Waals surface area contributed by atoms with Gasteiger partial charge in [0.25, 0.3) is 0 Å². The minimum Gasteiger partial charge on any atom is -0.287 e. The van der Waals surface area contributed by atoms with Crippen LogP contribution in [0.3, 0.4) is 0 Å². The molecule has 96 valence electrons. The standard InChI is InChI=1S/C13H26O2S/c1-9(2)12-7-6-11(5)8-13(12)15-16(14)10(3)4/h9-13H,6-8H2,1-5H3/t11-,12-,13+,16+/m0/s1. The highest BCUT2D eigenvalue weighted by molar-refractivity contribution is 7.80. The van der Waals surface area contributed by atoms with Gasteiger partial charge in [-0.25, -0.2) is 4.21 Å². The Morgan fingerprint density at radius 1 is 1.19 bits per heavy atom. The van der Waals surface area contributed by atoms with Crippen molar-refractivity contribution in [3.05, 3.63) is 0 Å². The van der Waals surface area contributed by atoms with Crippen LogP contribution in [0.25, 0.3) is 0 Å². The Balaban J connectivity index is 2.61. The lowest BCUT2D eigenvalue weighted by molar-refractivity contribution is 0.0561. The Bertz CT molecular complexity index is 238. The Labute approximate surface area is 103 Å². The molecule has 2 nitrogen and oxygen atoms in total. The molecule has 0 aliphatic heterocycles. The van der Waals surface area contributed by atoms with E-state index in [1.165, 1.54) is 12.8 Å². The van der Waals surface area contributed by atoms with Gasteiger partial charge in [0.15, 0.2) is 11.1 Å². The summed E-state index contributed by atoms with van der Waals surface area (Å²) in [5, 5.41) is 0.102. The van der Waals surface area contributed by atoms with E-state index in [-0.39, 0.29) is 11.4 Å². The van der Waals surface area contributed by atoms with Crippen LogP contribution < -0.4 is 0 Å². The van der Waals surface area contributed by atoms with Gasteiger partial charge in [0, 0.05) is 0 Å². The van der Waals surface area contributed by atoms with Gasteiger partial charge in [-0.05, 0) is 44.4 Å². The van der Waals surface area contributed by atoms with Crippen LogP contribution in [0.2, 0.25) is 0 Å². The van der Waals surface area contributed by atoms with E-state index >= 15 is 0 Å². The van der Waals surface area contributed by atoms with E-state index < -0.39 is 11.1 Å². The smallest absolute Gasteiger partial charge is 0.158 e. The van der Waals surface area contributed by atoms with Gasteiger partial charge in [-0.1, -0.05) is 27.2 Å². The SMILES string of the molecule is CC(C)[C@@H]1CC[C@H](C)C[C@H]1O[S@@](=O)C(C)C. The molecule has 0 aromatic heterocycles. The molecule has 4 atom stereocenters. The van der Waals surface area contributed by atoms with Crippen molar-refractivity contribution in [1.29, 1.82) is 0 Å². The van der Waals surface area contributed by atoms with Gasteiger partial charge in [0.1, 0.15) is 0 Å². The first-order chi connectivity index (χ1) is 7.41. The van der Waals surface area contributed by atoms with Gasteiger partial charge >= 0.3 is 0 Å². The van der Waals surface area contributed by atoms with Crippen LogP contribution in [0.5, 0.6) is 0 Å². The summed E-state index contributed by atoms with van der Waals surface area (Å²) in [4.78, 5) is 0. The first kappa shape index (κ1) is 14.2. The average molecular weight is 246 g/mol. The number of rotatable bonds is 4. The van der Waals surface area contributed by atoms with Gasteiger partial charge in [-0.2, -0.15) is 0 Å². The molecule has 1 aliphatic carbocycles. The van der Waals surface area contributed by atoms with Crippen molar-refractivity contribution < 1.29 is 8.39 Å². The molecule has 16 heavy (non-hydrogen) atoms. The van der Waals surface area contributed by atoms with Crippen LogP contribution in [0, 0.1) is 17.8 Å². The van der Waals surface area contributed by atoms with Crippen molar-refractivity contribution in [2.45, 2.75) is 65.2 Å². The lowest BCUT2D eigenvalue weighted by Crippen LogP contribution is -2.35. The molecule has 0 bridgehead atoms. The highest BCUT2D eigenvalue weighted by Crippen LogP contribution is 2.35. The van der Waals surface area contributed by atoms with Crippen molar-refractivity contribution in [1.82, 2.24) is 0 Å². The fourth-order valence-corrected chi connectivity index (χ4v) is 3.15. The molecule has 1 fully saturated rings. The minimum absolute atomic E-state index is 0.102. The maximum absolute atomic E-state index is 11.8. The van der Waals surface area contributed by atoms with Gasteiger partial charge in [0.2, 0.25) is 0 Å². The second-order valence-electron chi connectivity index (χ2n) is 5.77. The highest BCUT2D eigenvalue weighted by atomic mass is 32.2. The van der Waals surface area contributed by atoms with E-state index in [4.69, 9.17) is 4.18 Å². The van der Waals surface area contributed by atoms with E-state index in [0.29, 0.717) is 17.8 Å². The number of hydrogen-bond donors (Lipinski definition) is 0. The van der Waals surface area contributed by atoms with Gasteiger partial charge in [-0.3, -0.25) is 4.18 Å². The van der Waals surface area contributed by atoms with Crippen LogP contribution in [0.15, 0.2) is 0 Å². The summed E-state index contributed by atoms with van der Waals surface area (Å²) in [6.07, 6.45) is 3.78. The number of hydrogen-bond acceptors (Lipinski definition) is 2. The summed E-state index contributed by atoms with van der Waals surface area (Å²) in [7, 11) is 0. The van der Waals surface area contributed by atoms with E-state index in [9.17, 15) is 4.21 Å². The Kier molecular flexibility index (Phi) is 5.45. The van der Waals surface area contributed by atoms with Gasteiger partial charge in [0.05, 0.1) is 11.4 Å². The fourth-order valence-electron chi connectivity index (χ4n) is 2.46. The molecule has 0 aromatic rings. The lowest BCUT2D eigenvalue weighted by Gasteiger charge is -2.36. The zero-order chi connectivity index (χ0) is 12.3. The quantitative estimate of drug-likeness (QED) is 0.758. The third kappa shape index (κ3) is 3.85. The molecule has 0 saturated heterocycles. The van der Waals surface area contributed by atoms with E-state index in [1.807, 2.05) is 13.8 Å². The minimum atomic E-state index is -1.12. The molecule has 0 N–H and O–H groups in total. The average Bonchev–Trinajstić information content (AvgIpc) is 2.16. The fraction of sp³-hybridized carbons (Fsp3) is 1.00. The van der Waals surface area contributed by atoms with Crippen molar-refractivity contribution >= 4 is 11.1 Å². The zero-order valence-corrected chi connectivity index (χ0v) is 12.0. The predicted octanol–water partition coefficient (Wildman–Crippen LogP) is 3.54. The van der Waals surface area contributed by atoms with Gasteiger partial charge in [-0.15, -0.1) is 0 Å². The molecular weight excluding hydrogens is 220 g/mol. The maximum atomic E-state index is 11.8. The summed E-state index contributed by atoms with van der Waals surface area (Å²) in [6, 6.07) is 0. The Hall–Kier alpha value is 0.110. The van der Waals surface area contributed by atoms with Crippen LogP contribution in [0.4, 0.5) is 0 Å². The molecule has 0 spiro atoms. The van der Waals surface area contributed by atoms with Crippen LogP contribution in [-0.4, -0.2) is 15.6 Å². The van der Waals surface area contributed by atoms with E-state index in [0.717, 1.165) is 6.42 Å². The molecule has 0 heterocycles. The largest absolute Gasteiger partial charge is 0.287 e. The summed E-state index contributed by atoms with van der Waals surface area (Å²) in [6.45, 7) is 10.7. The van der Waals surface area contributed by atoms with Crippen LogP contribution in [-0.2, 0) is 15.3 Å². The second-order valence-corrected chi connectivity index (χ2v) is 7.43. The van der Waals surface area contributed by atoms with Gasteiger partial charge < -0.3 is 0 Å². The van der Waals surface area contributed by atoms with Crippen LogP contribution >= 0.6 is 0 Å². The van der Waals surface area contributed by atoms with Crippen molar-refractivity contribution in [3.63, 3.8) is 0 Å². The van der Waals surface area contributed by atoms with Crippen molar-refractivity contribution in [2.24, 2.45) is 17.8 Å². The summed E-state index contributed by atoms with van der Waals surface area (Å²) < 4.78 is 17.5.